The first-order chi connectivity index (χ1) is 10.3. The molecule has 5 nitrogen and oxygen atoms in total. The smallest absolute Gasteiger partial charge is 0.262 e. The number of nitrogens with zero attached hydrogens (tertiary/aromatic N) is 3. The molecule has 4 rings (SSSR count). The van der Waals surface area contributed by atoms with E-state index in [1.807, 2.05) is 0 Å². The Morgan fingerprint density at radius 1 is 1.24 bits per heavy atom. The molecular formula is C15H20N4OS. The molecule has 0 radical (unpaired) electrons. The van der Waals surface area contributed by atoms with Crippen LogP contribution < -0.4 is 10.9 Å². The molecule has 2 aromatic heterocycles. The van der Waals surface area contributed by atoms with Gasteiger partial charge in [-0.05, 0) is 24.8 Å². The van der Waals surface area contributed by atoms with E-state index in [0.717, 1.165) is 62.3 Å². The van der Waals surface area contributed by atoms with E-state index >= 15 is 0 Å². The number of hydrogen-bond acceptors (Lipinski definition) is 5. The summed E-state index contributed by atoms with van der Waals surface area (Å²) in [6.45, 7) is 5.90. The summed E-state index contributed by atoms with van der Waals surface area (Å²) in [5, 5.41) is 4.25. The average molecular weight is 304 g/mol. The van der Waals surface area contributed by atoms with Crippen LogP contribution in [0.5, 0.6) is 0 Å². The molecule has 1 aliphatic heterocycles. The number of aryl methyl sites for hydroxylation is 2. The Hall–Kier alpha value is -1.24. The molecule has 1 saturated heterocycles. The van der Waals surface area contributed by atoms with Gasteiger partial charge >= 0.3 is 0 Å². The summed E-state index contributed by atoms with van der Waals surface area (Å²) < 4.78 is 1.80. The van der Waals surface area contributed by atoms with E-state index in [1.54, 1.807) is 22.2 Å². The van der Waals surface area contributed by atoms with Crippen molar-refractivity contribution in [1.82, 2.24) is 19.8 Å². The van der Waals surface area contributed by atoms with Crippen molar-refractivity contribution in [2.24, 2.45) is 0 Å². The molecule has 1 N–H and O–H groups in total. The van der Waals surface area contributed by atoms with Crippen LogP contribution in [0.2, 0.25) is 0 Å². The third-order valence-corrected chi connectivity index (χ3v) is 5.76. The zero-order valence-electron chi connectivity index (χ0n) is 12.1. The molecule has 0 atom stereocenters. The van der Waals surface area contributed by atoms with Crippen LogP contribution >= 0.6 is 11.3 Å². The van der Waals surface area contributed by atoms with Crippen molar-refractivity contribution >= 4 is 21.6 Å². The number of thiophene rings is 1. The Labute approximate surface area is 127 Å². The van der Waals surface area contributed by atoms with Gasteiger partial charge in [-0.15, -0.1) is 11.3 Å². The molecular weight excluding hydrogens is 284 g/mol. The van der Waals surface area contributed by atoms with Gasteiger partial charge in [0, 0.05) is 44.1 Å². The van der Waals surface area contributed by atoms with E-state index in [0.29, 0.717) is 0 Å². The Bertz CT molecular complexity index is 714. The predicted molar refractivity (Wildman–Crippen MR) is 85.2 cm³/mol. The fraction of sp³-hybridized carbons (Fsp3) is 0.600. The van der Waals surface area contributed by atoms with Crippen molar-refractivity contribution in [2.45, 2.75) is 25.8 Å². The third kappa shape index (κ3) is 2.41. The van der Waals surface area contributed by atoms with Crippen molar-refractivity contribution < 1.29 is 0 Å². The molecule has 2 aliphatic rings. The number of fused-ring (bicyclic) bond motifs is 3. The minimum absolute atomic E-state index is 0.162. The maximum Gasteiger partial charge on any atom is 0.262 e. The standard InChI is InChI=1S/C15H20N4OS/c20-15-13-11-2-1-3-12(11)21-14(13)17-10-19(15)9-8-18-6-4-16-5-7-18/h10,16H,1-9H2. The second-order valence-electron chi connectivity index (χ2n) is 5.87. The normalized spacial score (nSPS) is 19.2. The van der Waals surface area contributed by atoms with E-state index in [1.165, 1.54) is 16.9 Å². The molecule has 0 unspecified atom stereocenters. The lowest BCUT2D eigenvalue weighted by Crippen LogP contribution is -2.45. The van der Waals surface area contributed by atoms with Gasteiger partial charge in [0.15, 0.2) is 0 Å². The molecule has 1 aliphatic carbocycles. The molecule has 0 saturated carbocycles. The van der Waals surface area contributed by atoms with Gasteiger partial charge in [0.05, 0.1) is 11.7 Å². The minimum Gasteiger partial charge on any atom is -0.314 e. The molecule has 3 heterocycles. The highest BCUT2D eigenvalue weighted by Crippen LogP contribution is 2.34. The maximum absolute atomic E-state index is 12.7. The topological polar surface area (TPSA) is 50.2 Å². The van der Waals surface area contributed by atoms with Crippen LogP contribution in [0.1, 0.15) is 16.9 Å². The van der Waals surface area contributed by atoms with Crippen LogP contribution in [0, 0.1) is 0 Å². The number of hydrogen-bond donors (Lipinski definition) is 1. The molecule has 2 aromatic rings. The van der Waals surface area contributed by atoms with Crippen LogP contribution in [0.4, 0.5) is 0 Å². The van der Waals surface area contributed by atoms with Crippen molar-refractivity contribution in [2.75, 3.05) is 32.7 Å². The van der Waals surface area contributed by atoms with Gasteiger partial charge in [0.1, 0.15) is 4.83 Å². The van der Waals surface area contributed by atoms with E-state index in [-0.39, 0.29) is 5.56 Å². The lowest BCUT2D eigenvalue weighted by atomic mass is 10.2. The zero-order valence-corrected chi connectivity index (χ0v) is 12.9. The Balaban J connectivity index is 1.60. The fourth-order valence-corrected chi connectivity index (χ4v) is 4.58. The predicted octanol–water partition coefficient (Wildman–Crippen LogP) is 0.852. The Morgan fingerprint density at radius 3 is 2.95 bits per heavy atom. The second-order valence-corrected chi connectivity index (χ2v) is 6.96. The number of nitrogens with one attached hydrogen (secondary N) is 1. The highest BCUT2D eigenvalue weighted by Gasteiger charge is 2.21. The van der Waals surface area contributed by atoms with Gasteiger partial charge in [0.2, 0.25) is 0 Å². The molecule has 112 valence electrons. The first-order valence-electron chi connectivity index (χ1n) is 7.76. The summed E-state index contributed by atoms with van der Waals surface area (Å²) in [6.07, 6.45) is 5.09. The van der Waals surface area contributed by atoms with Gasteiger partial charge in [-0.25, -0.2) is 4.98 Å². The lowest BCUT2D eigenvalue weighted by molar-refractivity contribution is 0.231. The molecule has 0 spiro atoms. The number of rotatable bonds is 3. The summed E-state index contributed by atoms with van der Waals surface area (Å²) in [6, 6.07) is 0. The van der Waals surface area contributed by atoms with Crippen LogP contribution in [0.3, 0.4) is 0 Å². The van der Waals surface area contributed by atoms with Crippen LogP contribution in [0.15, 0.2) is 11.1 Å². The largest absolute Gasteiger partial charge is 0.314 e. The van der Waals surface area contributed by atoms with Gasteiger partial charge in [-0.1, -0.05) is 0 Å². The second kappa shape index (κ2) is 5.51. The average Bonchev–Trinajstić information content (AvgIpc) is 3.08. The van der Waals surface area contributed by atoms with E-state index in [4.69, 9.17) is 0 Å². The first-order valence-corrected chi connectivity index (χ1v) is 8.57. The summed E-state index contributed by atoms with van der Waals surface area (Å²) in [7, 11) is 0. The number of piperazine rings is 1. The van der Waals surface area contributed by atoms with E-state index < -0.39 is 0 Å². The Morgan fingerprint density at radius 2 is 2.10 bits per heavy atom. The minimum atomic E-state index is 0.162. The molecule has 21 heavy (non-hydrogen) atoms. The first kappa shape index (κ1) is 13.4. The van der Waals surface area contributed by atoms with Gasteiger partial charge in [-0.2, -0.15) is 0 Å². The van der Waals surface area contributed by atoms with Gasteiger partial charge in [-0.3, -0.25) is 14.3 Å². The molecule has 6 heteroatoms. The van der Waals surface area contributed by atoms with Crippen molar-refractivity contribution in [3.8, 4) is 0 Å². The SMILES string of the molecule is O=c1c2c3c(sc2ncn1CCN1CCNCC1)CCC3. The van der Waals surface area contributed by atoms with Crippen LogP contribution in [0.25, 0.3) is 10.2 Å². The quantitative estimate of drug-likeness (QED) is 0.913. The van der Waals surface area contributed by atoms with E-state index in [9.17, 15) is 4.79 Å². The summed E-state index contributed by atoms with van der Waals surface area (Å²) in [4.78, 5) is 22.0. The highest BCUT2D eigenvalue weighted by atomic mass is 32.1. The van der Waals surface area contributed by atoms with Crippen molar-refractivity contribution in [3.05, 3.63) is 27.1 Å². The van der Waals surface area contributed by atoms with E-state index in [2.05, 4.69) is 15.2 Å². The molecule has 0 bridgehead atoms. The number of aromatic nitrogens is 2. The lowest BCUT2D eigenvalue weighted by Gasteiger charge is -2.27. The van der Waals surface area contributed by atoms with Crippen molar-refractivity contribution in [1.29, 1.82) is 0 Å². The Kier molecular flexibility index (Phi) is 3.52. The summed E-state index contributed by atoms with van der Waals surface area (Å²) >= 11 is 1.71. The molecule has 0 amide bonds. The highest BCUT2D eigenvalue weighted by molar-refractivity contribution is 7.18. The third-order valence-electron chi connectivity index (χ3n) is 4.56. The monoisotopic (exact) mass is 304 g/mol. The zero-order chi connectivity index (χ0) is 14.2. The van der Waals surface area contributed by atoms with Crippen LogP contribution in [-0.2, 0) is 19.4 Å². The van der Waals surface area contributed by atoms with Crippen molar-refractivity contribution in [3.63, 3.8) is 0 Å². The summed E-state index contributed by atoms with van der Waals surface area (Å²) in [5.74, 6) is 0. The van der Waals surface area contributed by atoms with Gasteiger partial charge < -0.3 is 5.32 Å². The van der Waals surface area contributed by atoms with Crippen LogP contribution in [-0.4, -0.2) is 47.2 Å². The van der Waals surface area contributed by atoms with Gasteiger partial charge in [0.25, 0.3) is 5.56 Å². The fourth-order valence-electron chi connectivity index (χ4n) is 3.36. The maximum atomic E-state index is 12.7. The molecule has 0 aromatic carbocycles. The summed E-state index contributed by atoms with van der Waals surface area (Å²) in [5.41, 5.74) is 1.44. The molecule has 1 fully saturated rings.